The summed E-state index contributed by atoms with van der Waals surface area (Å²) in [5.74, 6) is 1.63. The van der Waals surface area contributed by atoms with E-state index >= 15 is 0 Å². The molecule has 4 nitrogen and oxygen atoms in total. The number of para-hydroxylation sites is 1. The zero-order valence-electron chi connectivity index (χ0n) is 21.4. The van der Waals surface area contributed by atoms with Gasteiger partial charge in [0.05, 0.1) is 13.7 Å². The van der Waals surface area contributed by atoms with Crippen LogP contribution in [0.2, 0.25) is 0 Å². The Morgan fingerprint density at radius 2 is 1.31 bits per heavy atom. The molecule has 1 N–H and O–H groups in total. The van der Waals surface area contributed by atoms with Crippen molar-refractivity contribution < 1.29 is 14.2 Å². The maximum absolute atomic E-state index is 5.95. The Bertz CT molecular complexity index is 535. The minimum absolute atomic E-state index is 0.542. The van der Waals surface area contributed by atoms with Crippen LogP contribution in [-0.4, -0.2) is 33.5 Å². The molecule has 0 aromatic heterocycles. The number of ether oxygens (including phenoxy) is 3. The number of methoxy groups -OCH3 is 1. The molecule has 1 rings (SSSR count). The van der Waals surface area contributed by atoms with E-state index in [2.05, 4.69) is 18.3 Å². The lowest BCUT2D eigenvalue weighted by Crippen LogP contribution is -2.16. The van der Waals surface area contributed by atoms with Crippen molar-refractivity contribution in [2.75, 3.05) is 33.5 Å². The van der Waals surface area contributed by atoms with E-state index in [0.29, 0.717) is 19.8 Å². The topological polar surface area (TPSA) is 39.7 Å². The first-order valence-electron chi connectivity index (χ1n) is 13.4. The second-order valence-electron chi connectivity index (χ2n) is 8.77. The molecular formula is C28H51NO3. The molecule has 0 radical (unpaired) electrons. The van der Waals surface area contributed by atoms with Crippen LogP contribution >= 0.6 is 0 Å². The van der Waals surface area contributed by atoms with Gasteiger partial charge in [0.2, 0.25) is 0 Å². The Kier molecular flexibility index (Phi) is 19.4. The van der Waals surface area contributed by atoms with Gasteiger partial charge in [-0.15, -0.1) is 0 Å². The molecule has 0 atom stereocenters. The SMILES string of the molecule is CCCCCCCCCCCCCCCCNCc1cccc(OC)c1OCCOCC. The van der Waals surface area contributed by atoms with E-state index in [1.165, 1.54) is 89.9 Å². The molecule has 0 unspecified atom stereocenters. The highest BCUT2D eigenvalue weighted by molar-refractivity contribution is 5.46. The molecule has 0 heterocycles. The summed E-state index contributed by atoms with van der Waals surface area (Å²) in [4.78, 5) is 0. The van der Waals surface area contributed by atoms with Crippen LogP contribution in [0.1, 0.15) is 109 Å². The van der Waals surface area contributed by atoms with Gasteiger partial charge in [0.15, 0.2) is 11.5 Å². The number of rotatable bonds is 23. The van der Waals surface area contributed by atoms with Crippen molar-refractivity contribution in [2.45, 2.75) is 110 Å². The first-order valence-corrected chi connectivity index (χ1v) is 13.4. The van der Waals surface area contributed by atoms with Crippen LogP contribution in [0.15, 0.2) is 18.2 Å². The van der Waals surface area contributed by atoms with E-state index in [0.717, 1.165) is 30.2 Å². The van der Waals surface area contributed by atoms with Gasteiger partial charge >= 0.3 is 0 Å². The van der Waals surface area contributed by atoms with Gasteiger partial charge in [0.1, 0.15) is 6.61 Å². The Labute approximate surface area is 198 Å². The molecule has 0 spiro atoms. The van der Waals surface area contributed by atoms with Crippen molar-refractivity contribution >= 4 is 0 Å². The van der Waals surface area contributed by atoms with Crippen LogP contribution in [0.3, 0.4) is 0 Å². The molecule has 1 aromatic rings. The fourth-order valence-corrected chi connectivity index (χ4v) is 4.04. The average Bonchev–Trinajstić information content (AvgIpc) is 2.82. The number of benzene rings is 1. The third kappa shape index (κ3) is 14.7. The fraction of sp³-hybridized carbons (Fsp3) is 0.786. The van der Waals surface area contributed by atoms with Crippen molar-refractivity contribution in [2.24, 2.45) is 0 Å². The molecule has 0 saturated carbocycles. The van der Waals surface area contributed by atoms with Crippen LogP contribution in [0, 0.1) is 0 Å². The number of hydrogen-bond acceptors (Lipinski definition) is 4. The molecule has 32 heavy (non-hydrogen) atoms. The van der Waals surface area contributed by atoms with E-state index < -0.39 is 0 Å². The van der Waals surface area contributed by atoms with E-state index in [1.54, 1.807) is 7.11 Å². The van der Waals surface area contributed by atoms with E-state index in [1.807, 2.05) is 19.1 Å². The van der Waals surface area contributed by atoms with Crippen molar-refractivity contribution in [1.29, 1.82) is 0 Å². The summed E-state index contributed by atoms with van der Waals surface area (Å²) in [5, 5.41) is 3.57. The van der Waals surface area contributed by atoms with E-state index in [-0.39, 0.29) is 0 Å². The Morgan fingerprint density at radius 3 is 1.88 bits per heavy atom. The first-order chi connectivity index (χ1) is 15.8. The summed E-state index contributed by atoms with van der Waals surface area (Å²) in [6, 6.07) is 6.08. The quantitative estimate of drug-likeness (QED) is 0.174. The largest absolute Gasteiger partial charge is 0.493 e. The Hall–Kier alpha value is -1.26. The Morgan fingerprint density at radius 1 is 0.719 bits per heavy atom. The molecule has 0 fully saturated rings. The monoisotopic (exact) mass is 449 g/mol. The lowest BCUT2D eigenvalue weighted by Gasteiger charge is -2.15. The van der Waals surface area contributed by atoms with Crippen LogP contribution in [0.5, 0.6) is 11.5 Å². The fourth-order valence-electron chi connectivity index (χ4n) is 4.04. The van der Waals surface area contributed by atoms with Crippen molar-refractivity contribution in [3.8, 4) is 11.5 Å². The summed E-state index contributed by atoms with van der Waals surface area (Å²) in [5.41, 5.74) is 1.14. The highest BCUT2D eigenvalue weighted by atomic mass is 16.5. The zero-order valence-corrected chi connectivity index (χ0v) is 21.4. The van der Waals surface area contributed by atoms with Crippen LogP contribution < -0.4 is 14.8 Å². The van der Waals surface area contributed by atoms with Gasteiger partial charge in [-0.25, -0.2) is 0 Å². The maximum Gasteiger partial charge on any atom is 0.165 e. The molecule has 4 heteroatoms. The van der Waals surface area contributed by atoms with Crippen molar-refractivity contribution in [1.82, 2.24) is 5.32 Å². The number of unbranched alkanes of at least 4 members (excludes halogenated alkanes) is 13. The van der Waals surface area contributed by atoms with Gasteiger partial charge in [-0.3, -0.25) is 0 Å². The van der Waals surface area contributed by atoms with E-state index in [4.69, 9.17) is 14.2 Å². The van der Waals surface area contributed by atoms with Gasteiger partial charge in [-0.1, -0.05) is 103 Å². The summed E-state index contributed by atoms with van der Waals surface area (Å²) in [7, 11) is 1.69. The predicted molar refractivity (Wildman–Crippen MR) is 137 cm³/mol. The minimum Gasteiger partial charge on any atom is -0.493 e. The van der Waals surface area contributed by atoms with Gasteiger partial charge in [-0.2, -0.15) is 0 Å². The predicted octanol–water partition coefficient (Wildman–Crippen LogP) is 7.68. The molecule has 0 amide bonds. The van der Waals surface area contributed by atoms with E-state index in [9.17, 15) is 0 Å². The molecular weight excluding hydrogens is 398 g/mol. The van der Waals surface area contributed by atoms with Crippen molar-refractivity contribution in [3.05, 3.63) is 23.8 Å². The average molecular weight is 450 g/mol. The highest BCUT2D eigenvalue weighted by Gasteiger charge is 2.10. The molecule has 0 aliphatic rings. The second-order valence-corrected chi connectivity index (χ2v) is 8.77. The third-order valence-electron chi connectivity index (χ3n) is 5.98. The summed E-state index contributed by atoms with van der Waals surface area (Å²) in [6.07, 6.45) is 19.6. The number of hydrogen-bond donors (Lipinski definition) is 1. The van der Waals surface area contributed by atoms with Gasteiger partial charge < -0.3 is 19.5 Å². The standard InChI is InChI=1S/C28H51NO3/c1-4-6-7-8-9-10-11-12-13-14-15-16-17-18-22-29-25-26-20-19-21-27(30-3)28(26)32-24-23-31-5-2/h19-21,29H,4-18,22-25H2,1-3H3. The molecule has 0 bridgehead atoms. The molecule has 0 aliphatic carbocycles. The molecule has 0 saturated heterocycles. The summed E-state index contributed by atoms with van der Waals surface area (Å²) >= 11 is 0. The lowest BCUT2D eigenvalue weighted by molar-refractivity contribution is 0.108. The van der Waals surface area contributed by atoms with Crippen molar-refractivity contribution in [3.63, 3.8) is 0 Å². The third-order valence-corrected chi connectivity index (χ3v) is 5.98. The number of nitrogens with one attached hydrogen (secondary N) is 1. The smallest absolute Gasteiger partial charge is 0.165 e. The highest BCUT2D eigenvalue weighted by Crippen LogP contribution is 2.31. The van der Waals surface area contributed by atoms with Crippen LogP contribution in [-0.2, 0) is 11.3 Å². The van der Waals surface area contributed by atoms with Crippen LogP contribution in [0.25, 0.3) is 0 Å². The zero-order chi connectivity index (χ0) is 23.1. The van der Waals surface area contributed by atoms with Gasteiger partial charge in [0.25, 0.3) is 0 Å². The lowest BCUT2D eigenvalue weighted by atomic mass is 10.0. The normalized spacial score (nSPS) is 11.1. The first kappa shape index (κ1) is 28.8. The van der Waals surface area contributed by atoms with Gasteiger partial charge in [-0.05, 0) is 26.0 Å². The maximum atomic E-state index is 5.95. The minimum atomic E-state index is 0.542. The second kappa shape index (κ2) is 21.6. The van der Waals surface area contributed by atoms with Crippen LogP contribution in [0.4, 0.5) is 0 Å². The Balaban J connectivity index is 2.03. The molecule has 0 aliphatic heterocycles. The van der Waals surface area contributed by atoms with Gasteiger partial charge in [0, 0.05) is 18.7 Å². The summed E-state index contributed by atoms with van der Waals surface area (Å²) in [6.45, 7) is 7.99. The molecule has 1 aromatic carbocycles. The molecule has 186 valence electrons. The summed E-state index contributed by atoms with van der Waals surface area (Å²) < 4.78 is 16.8.